The maximum absolute atomic E-state index is 11.3. The number of carbonyl (C=O) groups is 1. The van der Waals surface area contributed by atoms with Crippen LogP contribution in [0.4, 0.5) is 23.1 Å². The Bertz CT molecular complexity index is 910. The van der Waals surface area contributed by atoms with Gasteiger partial charge in [-0.25, -0.2) is 4.98 Å². The fourth-order valence-corrected chi connectivity index (χ4v) is 2.69. The standard InChI is InChI=1S/C19H17BrN4O/c1-12-11-18(23-17-6-4-3-5-16(17)20)24-19(21-12)22-15-9-7-14(8-10-15)13(2)25/h3-11H,1-2H3,(H2,21,22,23,24). The number of benzene rings is 2. The van der Waals surface area contributed by atoms with Gasteiger partial charge in [0, 0.05) is 27.5 Å². The molecule has 1 aromatic heterocycles. The second-order valence-corrected chi connectivity index (χ2v) is 6.44. The van der Waals surface area contributed by atoms with Gasteiger partial charge in [0.2, 0.25) is 5.95 Å². The van der Waals surface area contributed by atoms with Crippen molar-refractivity contribution in [1.29, 1.82) is 0 Å². The number of halogens is 1. The minimum atomic E-state index is 0.0401. The maximum atomic E-state index is 11.3. The van der Waals surface area contributed by atoms with E-state index in [1.165, 1.54) is 0 Å². The molecule has 0 saturated heterocycles. The second-order valence-electron chi connectivity index (χ2n) is 5.58. The van der Waals surface area contributed by atoms with Gasteiger partial charge in [0.25, 0.3) is 0 Å². The first kappa shape index (κ1) is 17.1. The molecule has 126 valence electrons. The molecule has 3 aromatic rings. The number of hydrogen-bond donors (Lipinski definition) is 2. The van der Waals surface area contributed by atoms with Crippen LogP contribution in [0.1, 0.15) is 23.0 Å². The number of hydrogen-bond acceptors (Lipinski definition) is 5. The van der Waals surface area contributed by atoms with E-state index in [-0.39, 0.29) is 5.78 Å². The third-order valence-electron chi connectivity index (χ3n) is 3.54. The topological polar surface area (TPSA) is 66.9 Å². The van der Waals surface area contributed by atoms with Crippen molar-refractivity contribution < 1.29 is 4.79 Å². The fraction of sp³-hybridized carbons (Fsp3) is 0.105. The number of carbonyl (C=O) groups excluding carboxylic acids is 1. The van der Waals surface area contributed by atoms with Crippen LogP contribution in [-0.4, -0.2) is 15.8 Å². The minimum Gasteiger partial charge on any atom is -0.339 e. The van der Waals surface area contributed by atoms with Crippen molar-refractivity contribution in [1.82, 2.24) is 9.97 Å². The lowest BCUT2D eigenvalue weighted by Crippen LogP contribution is -2.03. The lowest BCUT2D eigenvalue weighted by molar-refractivity contribution is 0.101. The zero-order valence-corrected chi connectivity index (χ0v) is 15.5. The highest BCUT2D eigenvalue weighted by atomic mass is 79.9. The Morgan fingerprint density at radius 3 is 2.40 bits per heavy atom. The van der Waals surface area contributed by atoms with Crippen LogP contribution >= 0.6 is 15.9 Å². The van der Waals surface area contributed by atoms with E-state index in [9.17, 15) is 4.79 Å². The zero-order valence-electron chi connectivity index (χ0n) is 13.9. The number of anilines is 4. The number of nitrogens with one attached hydrogen (secondary N) is 2. The Balaban J connectivity index is 1.81. The van der Waals surface area contributed by atoms with Crippen molar-refractivity contribution in [2.75, 3.05) is 10.6 Å². The molecule has 0 saturated carbocycles. The molecular formula is C19H17BrN4O. The number of rotatable bonds is 5. The summed E-state index contributed by atoms with van der Waals surface area (Å²) >= 11 is 3.51. The molecule has 2 aromatic carbocycles. The maximum Gasteiger partial charge on any atom is 0.229 e. The number of para-hydroxylation sites is 1. The highest BCUT2D eigenvalue weighted by molar-refractivity contribution is 9.10. The largest absolute Gasteiger partial charge is 0.339 e. The van der Waals surface area contributed by atoms with E-state index >= 15 is 0 Å². The Morgan fingerprint density at radius 2 is 1.72 bits per heavy atom. The molecule has 0 spiro atoms. The van der Waals surface area contributed by atoms with Gasteiger partial charge in [-0.05, 0) is 66.2 Å². The average Bonchev–Trinajstić information content (AvgIpc) is 2.57. The van der Waals surface area contributed by atoms with Gasteiger partial charge in [0.1, 0.15) is 5.82 Å². The summed E-state index contributed by atoms with van der Waals surface area (Å²) in [6.45, 7) is 3.46. The molecule has 2 N–H and O–H groups in total. The van der Waals surface area contributed by atoms with Gasteiger partial charge < -0.3 is 10.6 Å². The molecule has 5 nitrogen and oxygen atoms in total. The van der Waals surface area contributed by atoms with Gasteiger partial charge in [-0.3, -0.25) is 4.79 Å². The third-order valence-corrected chi connectivity index (χ3v) is 4.23. The fourth-order valence-electron chi connectivity index (χ4n) is 2.31. The van der Waals surface area contributed by atoms with Crippen LogP contribution in [0.3, 0.4) is 0 Å². The first-order chi connectivity index (χ1) is 12.0. The summed E-state index contributed by atoms with van der Waals surface area (Å²) in [4.78, 5) is 20.3. The summed E-state index contributed by atoms with van der Waals surface area (Å²) in [5, 5.41) is 6.45. The van der Waals surface area contributed by atoms with E-state index in [1.54, 1.807) is 19.1 Å². The van der Waals surface area contributed by atoms with E-state index < -0.39 is 0 Å². The Hall–Kier alpha value is -2.73. The van der Waals surface area contributed by atoms with E-state index in [2.05, 4.69) is 36.5 Å². The first-order valence-electron chi connectivity index (χ1n) is 7.76. The van der Waals surface area contributed by atoms with Gasteiger partial charge >= 0.3 is 0 Å². The Morgan fingerprint density at radius 1 is 1.00 bits per heavy atom. The van der Waals surface area contributed by atoms with Crippen molar-refractivity contribution in [3.8, 4) is 0 Å². The van der Waals surface area contributed by atoms with Crippen LogP contribution in [0.5, 0.6) is 0 Å². The number of aromatic nitrogens is 2. The highest BCUT2D eigenvalue weighted by Gasteiger charge is 2.06. The number of nitrogens with zero attached hydrogens (tertiary/aromatic N) is 2. The SMILES string of the molecule is CC(=O)c1ccc(Nc2nc(C)cc(Nc3ccccc3Br)n2)cc1. The smallest absolute Gasteiger partial charge is 0.229 e. The average molecular weight is 397 g/mol. The first-order valence-corrected chi connectivity index (χ1v) is 8.56. The van der Waals surface area contributed by atoms with Gasteiger partial charge in [0.05, 0.1) is 5.69 Å². The lowest BCUT2D eigenvalue weighted by atomic mass is 10.1. The van der Waals surface area contributed by atoms with Gasteiger partial charge in [0.15, 0.2) is 5.78 Å². The molecule has 25 heavy (non-hydrogen) atoms. The molecule has 0 unspecified atom stereocenters. The molecule has 0 bridgehead atoms. The van der Waals surface area contributed by atoms with Gasteiger partial charge in [-0.1, -0.05) is 12.1 Å². The molecule has 0 aliphatic heterocycles. The molecule has 3 rings (SSSR count). The molecule has 0 aliphatic rings. The van der Waals surface area contributed by atoms with Crippen LogP contribution in [-0.2, 0) is 0 Å². The zero-order chi connectivity index (χ0) is 17.8. The van der Waals surface area contributed by atoms with Crippen LogP contribution in [0.25, 0.3) is 0 Å². The molecule has 0 amide bonds. The quantitative estimate of drug-likeness (QED) is 0.577. The van der Waals surface area contributed by atoms with Crippen molar-refractivity contribution >= 4 is 44.9 Å². The van der Waals surface area contributed by atoms with Crippen molar-refractivity contribution in [2.45, 2.75) is 13.8 Å². The van der Waals surface area contributed by atoms with Crippen LogP contribution < -0.4 is 10.6 Å². The lowest BCUT2D eigenvalue weighted by Gasteiger charge is -2.11. The highest BCUT2D eigenvalue weighted by Crippen LogP contribution is 2.25. The molecular weight excluding hydrogens is 380 g/mol. The molecule has 0 aliphatic carbocycles. The Kier molecular flexibility index (Phi) is 5.09. The molecule has 6 heteroatoms. The molecule has 1 heterocycles. The van der Waals surface area contributed by atoms with Crippen LogP contribution in [0.2, 0.25) is 0 Å². The van der Waals surface area contributed by atoms with Gasteiger partial charge in [-0.15, -0.1) is 0 Å². The minimum absolute atomic E-state index is 0.0401. The summed E-state index contributed by atoms with van der Waals surface area (Å²) in [7, 11) is 0. The van der Waals surface area contributed by atoms with Gasteiger partial charge in [-0.2, -0.15) is 4.98 Å². The number of ketones is 1. The van der Waals surface area contributed by atoms with E-state index in [0.717, 1.165) is 21.5 Å². The Labute approximate surface area is 154 Å². The predicted octanol–water partition coefficient (Wildman–Crippen LogP) is 5.24. The van der Waals surface area contributed by atoms with E-state index in [0.29, 0.717) is 17.3 Å². The molecule has 0 fully saturated rings. The number of aryl methyl sites for hydroxylation is 1. The van der Waals surface area contributed by atoms with Crippen molar-refractivity contribution in [2.24, 2.45) is 0 Å². The summed E-state index contributed by atoms with van der Waals surface area (Å²) < 4.78 is 0.959. The van der Waals surface area contributed by atoms with Crippen molar-refractivity contribution in [3.05, 3.63) is 70.3 Å². The second kappa shape index (κ2) is 7.44. The predicted molar refractivity (Wildman–Crippen MR) is 104 cm³/mol. The van der Waals surface area contributed by atoms with Crippen LogP contribution in [0, 0.1) is 6.92 Å². The number of Topliss-reactive ketones (excluding diaryl/α,β-unsaturated/α-hetero) is 1. The summed E-state index contributed by atoms with van der Waals surface area (Å²) in [6.07, 6.45) is 0. The molecule has 0 atom stereocenters. The normalized spacial score (nSPS) is 10.4. The summed E-state index contributed by atoms with van der Waals surface area (Å²) in [5.41, 5.74) is 3.26. The third kappa shape index (κ3) is 4.42. The monoisotopic (exact) mass is 396 g/mol. The summed E-state index contributed by atoms with van der Waals surface area (Å²) in [5.74, 6) is 1.23. The summed E-state index contributed by atoms with van der Waals surface area (Å²) in [6, 6.07) is 17.0. The van der Waals surface area contributed by atoms with Crippen LogP contribution in [0.15, 0.2) is 59.1 Å². The van der Waals surface area contributed by atoms with E-state index in [1.807, 2.05) is 49.4 Å². The van der Waals surface area contributed by atoms with Crippen molar-refractivity contribution in [3.63, 3.8) is 0 Å². The molecule has 0 radical (unpaired) electrons. The van der Waals surface area contributed by atoms with E-state index in [4.69, 9.17) is 0 Å².